The minimum Gasteiger partial charge on any atom is -0.384 e. The molecule has 2 fully saturated rings. The molecular weight excluding hydrogens is 236 g/mol. The fraction of sp³-hybridized carbons (Fsp3) is 1.00. The highest BCUT2D eigenvalue weighted by Crippen LogP contribution is 2.20. The maximum absolute atomic E-state index is 5.27. The molecule has 2 rings (SSSR count). The van der Waals surface area contributed by atoms with Gasteiger partial charge in [0.15, 0.2) is 0 Å². The molecule has 0 aromatic heterocycles. The van der Waals surface area contributed by atoms with Gasteiger partial charge in [-0.3, -0.25) is 4.90 Å². The Labute approximate surface area is 119 Å². The van der Waals surface area contributed by atoms with Gasteiger partial charge in [-0.1, -0.05) is 19.3 Å². The first-order chi connectivity index (χ1) is 9.29. The van der Waals surface area contributed by atoms with Gasteiger partial charge in [-0.25, -0.2) is 0 Å². The number of methoxy groups -OCH3 is 1. The first-order valence-corrected chi connectivity index (χ1v) is 8.26. The third kappa shape index (κ3) is 5.05. The average Bonchev–Trinajstić information content (AvgIpc) is 2.47. The van der Waals surface area contributed by atoms with Gasteiger partial charge >= 0.3 is 0 Å². The van der Waals surface area contributed by atoms with E-state index >= 15 is 0 Å². The number of ether oxygens (including phenoxy) is 1. The molecule has 1 aliphatic carbocycles. The summed E-state index contributed by atoms with van der Waals surface area (Å²) < 4.78 is 5.27. The Hall–Kier alpha value is -0.120. The summed E-state index contributed by atoms with van der Waals surface area (Å²) in [4.78, 5) is 2.65. The van der Waals surface area contributed by atoms with Crippen molar-refractivity contribution in [1.29, 1.82) is 0 Å². The first-order valence-electron chi connectivity index (χ1n) is 8.26. The molecule has 1 aliphatic heterocycles. The van der Waals surface area contributed by atoms with Gasteiger partial charge in [0.1, 0.15) is 0 Å². The number of hydrogen-bond donors (Lipinski definition) is 1. The van der Waals surface area contributed by atoms with Crippen molar-refractivity contribution in [3.63, 3.8) is 0 Å². The molecule has 0 radical (unpaired) electrons. The normalized spacial score (nSPS) is 25.6. The molecule has 0 spiro atoms. The Morgan fingerprint density at radius 1 is 1.11 bits per heavy atom. The largest absolute Gasteiger partial charge is 0.384 e. The van der Waals surface area contributed by atoms with E-state index in [0.29, 0.717) is 6.04 Å². The van der Waals surface area contributed by atoms with Crippen LogP contribution in [0.15, 0.2) is 0 Å². The number of rotatable bonds is 6. The summed E-state index contributed by atoms with van der Waals surface area (Å²) in [7, 11) is 1.82. The Morgan fingerprint density at radius 2 is 1.79 bits per heavy atom. The summed E-state index contributed by atoms with van der Waals surface area (Å²) in [6.07, 6.45) is 9.69. The lowest BCUT2D eigenvalue weighted by Crippen LogP contribution is -2.47. The van der Waals surface area contributed by atoms with Gasteiger partial charge in [0.05, 0.1) is 0 Å². The number of hydrogen-bond acceptors (Lipinski definition) is 3. The van der Waals surface area contributed by atoms with Crippen molar-refractivity contribution in [1.82, 2.24) is 10.2 Å². The van der Waals surface area contributed by atoms with Gasteiger partial charge in [-0.05, 0) is 51.6 Å². The van der Waals surface area contributed by atoms with E-state index in [4.69, 9.17) is 4.74 Å². The average molecular weight is 268 g/mol. The van der Waals surface area contributed by atoms with Gasteiger partial charge in [0.25, 0.3) is 0 Å². The highest BCUT2D eigenvalue weighted by molar-refractivity contribution is 4.79. The number of likely N-dealkylation sites (tertiary alicyclic amines) is 1. The first kappa shape index (κ1) is 15.3. The molecule has 0 aromatic carbocycles. The lowest BCUT2D eigenvalue weighted by Gasteiger charge is -2.36. The topological polar surface area (TPSA) is 24.5 Å². The second-order valence-electron chi connectivity index (χ2n) is 6.53. The van der Waals surface area contributed by atoms with Gasteiger partial charge in [-0.15, -0.1) is 0 Å². The van der Waals surface area contributed by atoms with E-state index < -0.39 is 0 Å². The van der Waals surface area contributed by atoms with Crippen LogP contribution in [-0.4, -0.2) is 50.3 Å². The Bertz CT molecular complexity index is 233. The lowest BCUT2D eigenvalue weighted by atomic mass is 9.95. The zero-order chi connectivity index (χ0) is 13.5. The van der Waals surface area contributed by atoms with Gasteiger partial charge in [0.2, 0.25) is 0 Å². The van der Waals surface area contributed by atoms with E-state index in [1.54, 1.807) is 0 Å². The molecule has 0 amide bonds. The van der Waals surface area contributed by atoms with Crippen LogP contribution < -0.4 is 5.32 Å². The zero-order valence-electron chi connectivity index (χ0n) is 12.9. The Morgan fingerprint density at radius 3 is 2.42 bits per heavy atom. The fourth-order valence-corrected chi connectivity index (χ4v) is 3.57. The van der Waals surface area contributed by atoms with Crippen LogP contribution in [0.2, 0.25) is 0 Å². The second kappa shape index (κ2) is 8.23. The molecule has 1 atom stereocenters. The Kier molecular flexibility index (Phi) is 6.62. The molecule has 0 bridgehead atoms. The van der Waals surface area contributed by atoms with Crippen molar-refractivity contribution >= 4 is 0 Å². The third-order valence-electron chi connectivity index (χ3n) is 4.98. The van der Waals surface area contributed by atoms with E-state index in [1.807, 2.05) is 7.11 Å². The van der Waals surface area contributed by atoms with Gasteiger partial charge < -0.3 is 10.1 Å². The maximum Gasteiger partial charge on any atom is 0.0491 e. The van der Waals surface area contributed by atoms with Crippen LogP contribution in [0.25, 0.3) is 0 Å². The second-order valence-corrected chi connectivity index (χ2v) is 6.53. The molecule has 3 heteroatoms. The molecule has 0 aromatic rings. The van der Waals surface area contributed by atoms with E-state index in [-0.39, 0.29) is 0 Å². The quantitative estimate of drug-likeness (QED) is 0.801. The van der Waals surface area contributed by atoms with Crippen LogP contribution in [0.3, 0.4) is 0 Å². The van der Waals surface area contributed by atoms with Crippen LogP contribution in [0.4, 0.5) is 0 Å². The molecule has 1 heterocycles. The maximum atomic E-state index is 5.27. The van der Waals surface area contributed by atoms with Crippen LogP contribution in [0.1, 0.15) is 51.9 Å². The van der Waals surface area contributed by atoms with E-state index in [0.717, 1.165) is 18.6 Å². The molecule has 112 valence electrons. The summed E-state index contributed by atoms with van der Waals surface area (Å²) in [5, 5.41) is 3.79. The van der Waals surface area contributed by atoms with Crippen LogP contribution in [-0.2, 0) is 4.74 Å². The molecule has 1 unspecified atom stereocenters. The van der Waals surface area contributed by atoms with E-state index in [9.17, 15) is 0 Å². The molecule has 19 heavy (non-hydrogen) atoms. The molecule has 2 aliphatic rings. The molecule has 1 saturated carbocycles. The third-order valence-corrected chi connectivity index (χ3v) is 4.98. The van der Waals surface area contributed by atoms with Crippen LogP contribution >= 0.6 is 0 Å². The van der Waals surface area contributed by atoms with Crippen molar-refractivity contribution in [2.24, 2.45) is 5.92 Å². The summed E-state index contributed by atoms with van der Waals surface area (Å²) >= 11 is 0. The molecule has 3 nitrogen and oxygen atoms in total. The van der Waals surface area contributed by atoms with Crippen molar-refractivity contribution in [2.45, 2.75) is 64.0 Å². The lowest BCUT2D eigenvalue weighted by molar-refractivity contribution is 0.0821. The van der Waals surface area contributed by atoms with Gasteiger partial charge in [0, 0.05) is 32.3 Å². The van der Waals surface area contributed by atoms with Crippen molar-refractivity contribution in [3.05, 3.63) is 0 Å². The minimum atomic E-state index is 0.686. The highest BCUT2D eigenvalue weighted by Gasteiger charge is 2.23. The predicted octanol–water partition coefficient (Wildman–Crippen LogP) is 2.66. The minimum absolute atomic E-state index is 0.686. The predicted molar refractivity (Wildman–Crippen MR) is 80.5 cm³/mol. The smallest absolute Gasteiger partial charge is 0.0491 e. The van der Waals surface area contributed by atoms with Crippen molar-refractivity contribution < 1.29 is 4.74 Å². The van der Waals surface area contributed by atoms with Gasteiger partial charge in [-0.2, -0.15) is 0 Å². The zero-order valence-corrected chi connectivity index (χ0v) is 12.9. The van der Waals surface area contributed by atoms with Crippen LogP contribution in [0.5, 0.6) is 0 Å². The number of piperidine rings is 1. The van der Waals surface area contributed by atoms with E-state index in [2.05, 4.69) is 17.1 Å². The number of nitrogens with one attached hydrogen (secondary N) is 1. The number of nitrogens with zero attached hydrogens (tertiary/aromatic N) is 1. The molecule has 1 N–H and O–H groups in total. The highest BCUT2D eigenvalue weighted by atomic mass is 16.5. The molecular formula is C16H32N2O. The summed E-state index contributed by atoms with van der Waals surface area (Å²) in [6.45, 7) is 7.00. The van der Waals surface area contributed by atoms with Crippen LogP contribution in [0, 0.1) is 5.92 Å². The standard InChI is InChI=1S/C16H32N2O/c1-14(12-17-16-6-4-3-5-7-16)18-10-8-15(9-11-18)13-19-2/h14-17H,3-13H2,1-2H3. The summed E-state index contributed by atoms with van der Waals surface area (Å²) in [6, 6.07) is 1.48. The SMILES string of the molecule is COCC1CCN(C(C)CNC2CCCCC2)CC1. The summed E-state index contributed by atoms with van der Waals surface area (Å²) in [5.74, 6) is 0.791. The fourth-order valence-electron chi connectivity index (χ4n) is 3.57. The Balaban J connectivity index is 1.62. The monoisotopic (exact) mass is 268 g/mol. The summed E-state index contributed by atoms with van der Waals surface area (Å²) in [5.41, 5.74) is 0. The molecule has 1 saturated heterocycles. The van der Waals surface area contributed by atoms with E-state index in [1.165, 1.54) is 64.6 Å². The van der Waals surface area contributed by atoms with Crippen molar-refractivity contribution in [3.8, 4) is 0 Å². The van der Waals surface area contributed by atoms with Crippen molar-refractivity contribution in [2.75, 3.05) is 33.4 Å².